The van der Waals surface area contributed by atoms with Gasteiger partial charge in [-0.25, -0.2) is 0 Å². The molecule has 1 aliphatic rings. The van der Waals surface area contributed by atoms with Crippen LogP contribution in [0.3, 0.4) is 0 Å². The van der Waals surface area contributed by atoms with Crippen molar-refractivity contribution in [2.45, 2.75) is 45.6 Å². The highest BCUT2D eigenvalue weighted by molar-refractivity contribution is 5.56. The number of aryl methyl sites for hydroxylation is 1. The number of hydrogen-bond acceptors (Lipinski definition) is 5. The van der Waals surface area contributed by atoms with Gasteiger partial charge in [0.1, 0.15) is 11.6 Å². The Morgan fingerprint density at radius 3 is 2.60 bits per heavy atom. The van der Waals surface area contributed by atoms with Crippen molar-refractivity contribution < 1.29 is 0 Å². The third kappa shape index (κ3) is 3.26. The van der Waals surface area contributed by atoms with Gasteiger partial charge in [0.05, 0.1) is 5.69 Å². The summed E-state index contributed by atoms with van der Waals surface area (Å²) in [5.74, 6) is 0.630. The predicted octanol–water partition coefficient (Wildman–Crippen LogP) is 1.98. The smallest absolute Gasteiger partial charge is 0.166 e. The summed E-state index contributed by atoms with van der Waals surface area (Å²) < 4.78 is 0. The highest BCUT2D eigenvalue weighted by Gasteiger charge is 2.25. The molecule has 0 bridgehead atoms. The number of nitriles is 1. The predicted molar refractivity (Wildman–Crippen MR) is 79.6 cm³/mol. The Morgan fingerprint density at radius 2 is 2.05 bits per heavy atom. The van der Waals surface area contributed by atoms with Gasteiger partial charge in [0, 0.05) is 19.1 Å². The van der Waals surface area contributed by atoms with E-state index >= 15 is 0 Å². The lowest BCUT2D eigenvalue weighted by Crippen LogP contribution is -2.27. The second-order valence-corrected chi connectivity index (χ2v) is 5.31. The third-order valence-electron chi connectivity index (χ3n) is 3.89. The number of anilines is 1. The van der Waals surface area contributed by atoms with Gasteiger partial charge >= 0.3 is 0 Å². The number of likely N-dealkylation sites (N-methyl/N-ethyl adjacent to an activating group) is 1. The molecule has 5 heteroatoms. The van der Waals surface area contributed by atoms with E-state index in [1.165, 1.54) is 12.8 Å². The van der Waals surface area contributed by atoms with Crippen LogP contribution in [0.15, 0.2) is 0 Å². The number of hydrogen-bond donors (Lipinski definition) is 1. The Morgan fingerprint density at radius 1 is 1.30 bits per heavy atom. The molecule has 108 valence electrons. The van der Waals surface area contributed by atoms with Crippen LogP contribution in [0.1, 0.15) is 43.5 Å². The fraction of sp³-hybridized carbons (Fsp3) is 0.667. The van der Waals surface area contributed by atoms with E-state index in [1.54, 1.807) is 0 Å². The van der Waals surface area contributed by atoms with Gasteiger partial charge in [-0.15, -0.1) is 5.10 Å². The van der Waals surface area contributed by atoms with Crippen LogP contribution < -0.4 is 5.32 Å². The molecular formula is C15H23N5. The highest BCUT2D eigenvalue weighted by Crippen LogP contribution is 2.25. The Hall–Kier alpha value is -1.67. The molecule has 0 aromatic carbocycles. The fourth-order valence-corrected chi connectivity index (χ4v) is 2.47. The molecule has 5 nitrogen and oxygen atoms in total. The zero-order valence-corrected chi connectivity index (χ0v) is 12.6. The van der Waals surface area contributed by atoms with Crippen LogP contribution in [0.5, 0.6) is 0 Å². The number of rotatable bonds is 7. The average molecular weight is 273 g/mol. The van der Waals surface area contributed by atoms with Crippen molar-refractivity contribution in [1.29, 1.82) is 5.26 Å². The van der Waals surface area contributed by atoms with E-state index in [9.17, 15) is 5.26 Å². The number of nitrogens with one attached hydrogen (secondary N) is 1. The topological polar surface area (TPSA) is 64.8 Å². The molecule has 1 aromatic rings. The van der Waals surface area contributed by atoms with Crippen LogP contribution in [0.4, 0.5) is 5.82 Å². The lowest BCUT2D eigenvalue weighted by atomic mass is 10.0. The Kier molecular flexibility index (Phi) is 4.91. The van der Waals surface area contributed by atoms with Crippen molar-refractivity contribution in [2.75, 3.05) is 25.5 Å². The van der Waals surface area contributed by atoms with Gasteiger partial charge in [-0.2, -0.15) is 10.4 Å². The fourth-order valence-electron chi connectivity index (χ4n) is 2.47. The minimum Gasteiger partial charge on any atom is -0.366 e. The molecule has 0 saturated heterocycles. The Balaban J connectivity index is 2.05. The maximum atomic E-state index is 9.39. The van der Waals surface area contributed by atoms with Crippen molar-refractivity contribution in [3.63, 3.8) is 0 Å². The van der Waals surface area contributed by atoms with Crippen LogP contribution >= 0.6 is 0 Å². The second kappa shape index (κ2) is 6.67. The molecule has 1 saturated carbocycles. The maximum absolute atomic E-state index is 9.39. The second-order valence-electron chi connectivity index (χ2n) is 5.31. The van der Waals surface area contributed by atoms with Gasteiger partial charge < -0.3 is 10.2 Å². The number of nitrogens with zero attached hydrogens (tertiary/aromatic N) is 4. The van der Waals surface area contributed by atoms with E-state index in [0.717, 1.165) is 43.2 Å². The van der Waals surface area contributed by atoms with E-state index in [0.29, 0.717) is 11.4 Å². The summed E-state index contributed by atoms with van der Waals surface area (Å²) in [4.78, 5) is 2.35. The van der Waals surface area contributed by atoms with E-state index in [2.05, 4.69) is 40.5 Å². The monoisotopic (exact) mass is 273 g/mol. The highest BCUT2D eigenvalue weighted by atomic mass is 15.2. The first-order valence-electron chi connectivity index (χ1n) is 7.43. The summed E-state index contributed by atoms with van der Waals surface area (Å²) >= 11 is 0. The molecule has 0 radical (unpaired) electrons. The van der Waals surface area contributed by atoms with Gasteiger partial charge in [0.15, 0.2) is 5.82 Å². The van der Waals surface area contributed by atoms with Crippen molar-refractivity contribution in [3.05, 3.63) is 16.8 Å². The van der Waals surface area contributed by atoms with E-state index < -0.39 is 0 Å². The lowest BCUT2D eigenvalue weighted by molar-refractivity contribution is 0.337. The molecule has 1 fully saturated rings. The molecule has 1 heterocycles. The summed E-state index contributed by atoms with van der Waals surface area (Å²) in [6, 6.07) is 3.04. The van der Waals surface area contributed by atoms with E-state index in [1.807, 2.05) is 6.92 Å². The van der Waals surface area contributed by atoms with E-state index in [4.69, 9.17) is 0 Å². The van der Waals surface area contributed by atoms with Crippen molar-refractivity contribution >= 4 is 5.82 Å². The van der Waals surface area contributed by atoms with Crippen LogP contribution in [0.25, 0.3) is 0 Å². The van der Waals surface area contributed by atoms with Crippen LogP contribution in [0.2, 0.25) is 0 Å². The van der Waals surface area contributed by atoms with Gasteiger partial charge in [0.2, 0.25) is 0 Å². The summed E-state index contributed by atoms with van der Waals surface area (Å²) in [7, 11) is 2.15. The molecule has 1 aliphatic carbocycles. The maximum Gasteiger partial charge on any atom is 0.166 e. The molecule has 0 unspecified atom stereocenters. The minimum absolute atomic E-state index is 0.630. The summed E-state index contributed by atoms with van der Waals surface area (Å²) in [5.41, 5.74) is 2.63. The van der Waals surface area contributed by atoms with Crippen LogP contribution in [0, 0.1) is 11.3 Å². The van der Waals surface area contributed by atoms with Crippen LogP contribution in [-0.4, -0.2) is 41.3 Å². The molecule has 0 spiro atoms. The number of aromatic nitrogens is 2. The van der Waals surface area contributed by atoms with Gasteiger partial charge in [0.25, 0.3) is 0 Å². The molecule has 0 amide bonds. The first-order valence-corrected chi connectivity index (χ1v) is 7.43. The van der Waals surface area contributed by atoms with Crippen molar-refractivity contribution in [1.82, 2.24) is 15.1 Å². The Labute approximate surface area is 121 Å². The van der Waals surface area contributed by atoms with Gasteiger partial charge in [-0.1, -0.05) is 13.8 Å². The normalized spacial score (nSPS) is 14.3. The lowest BCUT2D eigenvalue weighted by Gasteiger charge is -2.17. The minimum atomic E-state index is 0.630. The molecule has 0 aliphatic heterocycles. The zero-order valence-electron chi connectivity index (χ0n) is 12.6. The first kappa shape index (κ1) is 14.7. The summed E-state index contributed by atoms with van der Waals surface area (Å²) in [6.45, 7) is 5.86. The first-order chi connectivity index (χ1) is 9.71. The summed E-state index contributed by atoms with van der Waals surface area (Å²) in [6.07, 6.45) is 4.25. The molecule has 1 aromatic heterocycles. The standard InChI is InChI=1S/C15H23N5/c1-4-12-13(10-16)15(19-18-14(12)5-2)17-8-9-20(3)11-6-7-11/h11H,4-9H2,1-3H3,(H,17,19). The average Bonchev–Trinajstić information content (AvgIpc) is 3.30. The molecule has 0 atom stereocenters. The van der Waals surface area contributed by atoms with Crippen molar-refractivity contribution in [2.24, 2.45) is 0 Å². The molecule has 20 heavy (non-hydrogen) atoms. The van der Waals surface area contributed by atoms with Crippen molar-refractivity contribution in [3.8, 4) is 6.07 Å². The SMILES string of the molecule is CCc1nnc(NCCN(C)C2CC2)c(C#N)c1CC. The van der Waals surface area contributed by atoms with Crippen LogP contribution in [-0.2, 0) is 12.8 Å². The van der Waals surface area contributed by atoms with Gasteiger partial charge in [-0.3, -0.25) is 0 Å². The molecular weight excluding hydrogens is 250 g/mol. The molecule has 2 rings (SSSR count). The van der Waals surface area contributed by atoms with E-state index in [-0.39, 0.29) is 0 Å². The quantitative estimate of drug-likeness (QED) is 0.823. The largest absolute Gasteiger partial charge is 0.366 e. The Bertz CT molecular complexity index is 502. The van der Waals surface area contributed by atoms with Gasteiger partial charge in [-0.05, 0) is 38.3 Å². The zero-order chi connectivity index (χ0) is 14.5. The molecule has 1 N–H and O–H groups in total. The summed E-state index contributed by atoms with van der Waals surface area (Å²) in [5, 5.41) is 21.1. The third-order valence-corrected chi connectivity index (χ3v) is 3.89.